The molecule has 0 fully saturated rings. The maximum atomic E-state index is 12.8. The van der Waals surface area contributed by atoms with Gasteiger partial charge in [0.05, 0.1) is 0 Å². The van der Waals surface area contributed by atoms with Crippen molar-refractivity contribution in [1.82, 2.24) is 0 Å². The lowest BCUT2D eigenvalue weighted by Gasteiger charge is -2.18. The third-order valence-corrected chi connectivity index (χ3v) is 14.2. The quantitative estimate of drug-likeness (QED) is 0.0261. The zero-order chi connectivity index (χ0) is 58.5. The lowest BCUT2D eigenvalue weighted by Crippen LogP contribution is -2.30. The molecule has 0 spiro atoms. The van der Waals surface area contributed by atoms with E-state index >= 15 is 0 Å². The lowest BCUT2D eigenvalue weighted by molar-refractivity contribution is -0.167. The Morgan fingerprint density at radius 2 is 0.481 bits per heavy atom. The van der Waals surface area contributed by atoms with Gasteiger partial charge in [-0.2, -0.15) is 0 Å². The van der Waals surface area contributed by atoms with Crippen LogP contribution in [-0.2, 0) is 28.6 Å². The predicted octanol–water partition coefficient (Wildman–Crippen LogP) is 23.3. The highest BCUT2D eigenvalue weighted by Gasteiger charge is 2.19. The van der Waals surface area contributed by atoms with Crippen LogP contribution in [0.2, 0.25) is 0 Å². The second-order valence-electron chi connectivity index (χ2n) is 22.0. The molecule has 0 heterocycles. The molecule has 0 aliphatic carbocycles. The molecular weight excluding hydrogens is 997 g/mol. The molecule has 0 aliphatic rings. The Hall–Kier alpha value is -4.45. The number of unbranched alkanes of at least 4 members (excludes halogenated alkanes) is 27. The monoisotopic (exact) mass is 1120 g/mol. The molecule has 0 aliphatic heterocycles. The summed E-state index contributed by atoms with van der Waals surface area (Å²) in [5.74, 6) is -0.923. The molecule has 0 saturated carbocycles. The standard InChI is InChI=1S/C75H124O6/c1-4-7-10-13-15-17-19-21-23-25-27-29-31-32-33-34-35-36-37-38-39-40-41-42-44-45-47-49-51-53-55-57-59-62-65-68-74(77)80-71-72(70-79-73(76)67-64-61-12-9-6-3)81-75(78)69-66-63-60-58-56-54-52-50-48-46-43-30-28-26-24-22-20-18-16-14-11-8-5-2/h7-8,10-11,15-18,21-24,27-30,32-33,46,48,52,54,72H,4-6,9,12-14,19-20,25-26,31,34-45,47,49-51,53,55-71H2,1-3H3/b10-7-,11-8-,17-15-,18-16-,23-21-,24-22-,29-27-,30-28-,33-32-,48-46-,54-52-. The van der Waals surface area contributed by atoms with Crippen LogP contribution >= 0.6 is 0 Å². The Labute approximate surface area is 500 Å². The molecule has 0 radical (unpaired) electrons. The van der Waals surface area contributed by atoms with Gasteiger partial charge in [-0.15, -0.1) is 0 Å². The minimum Gasteiger partial charge on any atom is -0.462 e. The van der Waals surface area contributed by atoms with Gasteiger partial charge in [0.1, 0.15) is 13.2 Å². The summed E-state index contributed by atoms with van der Waals surface area (Å²) in [6.07, 6.45) is 96.7. The number of rotatable bonds is 60. The number of hydrogen-bond acceptors (Lipinski definition) is 6. The fourth-order valence-corrected chi connectivity index (χ4v) is 9.18. The first-order valence-electron chi connectivity index (χ1n) is 33.7. The van der Waals surface area contributed by atoms with Gasteiger partial charge in [0.15, 0.2) is 6.10 Å². The van der Waals surface area contributed by atoms with E-state index in [1.807, 2.05) is 0 Å². The highest BCUT2D eigenvalue weighted by Crippen LogP contribution is 2.17. The number of ether oxygens (including phenoxy) is 3. The molecule has 6 nitrogen and oxygen atoms in total. The Balaban J connectivity index is 4.00. The molecular formula is C75H124O6. The van der Waals surface area contributed by atoms with E-state index in [2.05, 4.69) is 154 Å². The fourth-order valence-electron chi connectivity index (χ4n) is 9.18. The largest absolute Gasteiger partial charge is 0.462 e. The molecule has 0 saturated heterocycles. The Morgan fingerprint density at radius 1 is 0.259 bits per heavy atom. The average molecular weight is 1120 g/mol. The van der Waals surface area contributed by atoms with Gasteiger partial charge >= 0.3 is 17.9 Å². The summed E-state index contributed by atoms with van der Waals surface area (Å²) in [5.41, 5.74) is 0. The van der Waals surface area contributed by atoms with Gasteiger partial charge in [-0.3, -0.25) is 14.4 Å². The van der Waals surface area contributed by atoms with Crippen LogP contribution in [0, 0.1) is 0 Å². The average Bonchev–Trinajstić information content (AvgIpc) is 3.47. The molecule has 0 bridgehead atoms. The predicted molar refractivity (Wildman–Crippen MR) is 353 cm³/mol. The summed E-state index contributed by atoms with van der Waals surface area (Å²) >= 11 is 0. The molecule has 1 atom stereocenters. The summed E-state index contributed by atoms with van der Waals surface area (Å²) in [7, 11) is 0. The minimum atomic E-state index is -0.791. The summed E-state index contributed by atoms with van der Waals surface area (Å²) in [4.78, 5) is 38.0. The summed E-state index contributed by atoms with van der Waals surface area (Å²) in [6.45, 7) is 6.32. The van der Waals surface area contributed by atoms with Crippen molar-refractivity contribution in [2.45, 2.75) is 309 Å². The van der Waals surface area contributed by atoms with Crippen LogP contribution in [-0.4, -0.2) is 37.2 Å². The molecule has 0 aromatic carbocycles. The topological polar surface area (TPSA) is 78.9 Å². The van der Waals surface area contributed by atoms with Crippen molar-refractivity contribution >= 4 is 17.9 Å². The van der Waals surface area contributed by atoms with Crippen molar-refractivity contribution in [1.29, 1.82) is 0 Å². The number of carbonyl (C=O) groups is 3. The second-order valence-corrected chi connectivity index (χ2v) is 22.0. The van der Waals surface area contributed by atoms with Crippen molar-refractivity contribution < 1.29 is 28.6 Å². The van der Waals surface area contributed by atoms with E-state index in [0.29, 0.717) is 19.3 Å². The molecule has 0 N–H and O–H groups in total. The van der Waals surface area contributed by atoms with Crippen molar-refractivity contribution in [3.05, 3.63) is 134 Å². The normalized spacial score (nSPS) is 13.0. The first-order valence-corrected chi connectivity index (χ1v) is 33.7. The van der Waals surface area contributed by atoms with E-state index in [1.54, 1.807) is 0 Å². The Kier molecular flexibility index (Phi) is 64.3. The van der Waals surface area contributed by atoms with Crippen LogP contribution in [0.3, 0.4) is 0 Å². The zero-order valence-corrected chi connectivity index (χ0v) is 52.8. The van der Waals surface area contributed by atoms with Crippen LogP contribution in [0.25, 0.3) is 0 Å². The highest BCUT2D eigenvalue weighted by molar-refractivity contribution is 5.71. The Bertz CT molecular complexity index is 1720. The number of allylic oxidation sites excluding steroid dienone is 22. The molecule has 460 valence electrons. The summed E-state index contributed by atoms with van der Waals surface area (Å²) in [6, 6.07) is 0. The summed E-state index contributed by atoms with van der Waals surface area (Å²) in [5, 5.41) is 0. The fraction of sp³-hybridized carbons (Fsp3) is 0.667. The number of hydrogen-bond donors (Lipinski definition) is 0. The number of esters is 3. The van der Waals surface area contributed by atoms with Crippen LogP contribution in [0.15, 0.2) is 134 Å². The van der Waals surface area contributed by atoms with E-state index in [1.165, 1.54) is 116 Å². The molecule has 0 amide bonds. The van der Waals surface area contributed by atoms with Crippen LogP contribution in [0.4, 0.5) is 0 Å². The van der Waals surface area contributed by atoms with Crippen LogP contribution in [0.5, 0.6) is 0 Å². The second kappa shape index (κ2) is 68.1. The Morgan fingerprint density at radius 3 is 0.753 bits per heavy atom. The van der Waals surface area contributed by atoms with E-state index in [9.17, 15) is 14.4 Å². The number of carbonyl (C=O) groups excluding carboxylic acids is 3. The van der Waals surface area contributed by atoms with Crippen molar-refractivity contribution in [2.24, 2.45) is 0 Å². The van der Waals surface area contributed by atoms with E-state index in [0.717, 1.165) is 148 Å². The van der Waals surface area contributed by atoms with Gasteiger partial charge in [0, 0.05) is 19.3 Å². The zero-order valence-electron chi connectivity index (χ0n) is 52.8. The first kappa shape index (κ1) is 76.5. The first-order chi connectivity index (χ1) is 40.0. The van der Waals surface area contributed by atoms with Gasteiger partial charge in [-0.1, -0.05) is 302 Å². The third kappa shape index (κ3) is 66.2. The van der Waals surface area contributed by atoms with Crippen LogP contribution in [0.1, 0.15) is 303 Å². The molecule has 0 aromatic heterocycles. The molecule has 81 heavy (non-hydrogen) atoms. The minimum absolute atomic E-state index is 0.0887. The van der Waals surface area contributed by atoms with E-state index in [4.69, 9.17) is 14.2 Å². The third-order valence-electron chi connectivity index (χ3n) is 14.2. The molecule has 1 unspecified atom stereocenters. The highest BCUT2D eigenvalue weighted by atomic mass is 16.6. The van der Waals surface area contributed by atoms with E-state index in [-0.39, 0.29) is 31.1 Å². The SMILES string of the molecule is CC/C=C\C/C=C\C/C=C\C/C=C\C/C=C\C/C=C\CCCCCCC(=O)OC(COC(=O)CCCCCCC)COC(=O)CCCCCCCCCCCCCCCCCCCCC/C=C\C/C=C\C/C=C\C/C=C\C/C=C\CC. The van der Waals surface area contributed by atoms with Gasteiger partial charge in [0.2, 0.25) is 0 Å². The van der Waals surface area contributed by atoms with Crippen molar-refractivity contribution in [2.75, 3.05) is 13.2 Å². The molecule has 0 aromatic rings. The smallest absolute Gasteiger partial charge is 0.306 e. The summed E-state index contributed by atoms with van der Waals surface area (Å²) < 4.78 is 16.8. The van der Waals surface area contributed by atoms with Gasteiger partial charge in [-0.05, 0) is 116 Å². The molecule has 0 rings (SSSR count). The van der Waals surface area contributed by atoms with Crippen molar-refractivity contribution in [3.63, 3.8) is 0 Å². The van der Waals surface area contributed by atoms with Gasteiger partial charge < -0.3 is 14.2 Å². The van der Waals surface area contributed by atoms with Crippen LogP contribution < -0.4 is 0 Å². The maximum Gasteiger partial charge on any atom is 0.306 e. The molecule has 6 heteroatoms. The van der Waals surface area contributed by atoms with Crippen molar-refractivity contribution in [3.8, 4) is 0 Å². The van der Waals surface area contributed by atoms with Gasteiger partial charge in [-0.25, -0.2) is 0 Å². The lowest BCUT2D eigenvalue weighted by atomic mass is 10.0. The van der Waals surface area contributed by atoms with Gasteiger partial charge in [0.25, 0.3) is 0 Å². The van der Waals surface area contributed by atoms with E-state index < -0.39 is 6.10 Å². The maximum absolute atomic E-state index is 12.8.